The summed E-state index contributed by atoms with van der Waals surface area (Å²) in [5.41, 5.74) is 0.679. The number of ether oxygens (including phenoxy) is 1. The number of rotatable bonds is 3. The van der Waals surface area contributed by atoms with Gasteiger partial charge in [0.2, 0.25) is 0 Å². The number of Topliss-reactive ketones (excluding diaryl/α,β-unsaturated/α-hetero) is 1. The van der Waals surface area contributed by atoms with Crippen molar-refractivity contribution in [1.29, 1.82) is 0 Å². The first-order chi connectivity index (χ1) is 10.5. The van der Waals surface area contributed by atoms with E-state index in [9.17, 15) is 4.79 Å². The van der Waals surface area contributed by atoms with Crippen molar-refractivity contribution >= 4 is 28.2 Å². The van der Waals surface area contributed by atoms with Crippen LogP contribution >= 0.6 is 11.6 Å². The first-order valence-corrected chi connectivity index (χ1v) is 8.32. The molecule has 1 fully saturated rings. The average molecular weight is 317 g/mol. The van der Waals surface area contributed by atoms with Crippen LogP contribution in [-0.2, 0) is 0 Å². The van der Waals surface area contributed by atoms with Crippen LogP contribution in [0.2, 0.25) is 5.02 Å². The number of carbonyl (C=O) groups excluding carboxylic acids is 1. The summed E-state index contributed by atoms with van der Waals surface area (Å²) in [5.74, 6) is 1.57. The van der Waals surface area contributed by atoms with Gasteiger partial charge in [0.15, 0.2) is 5.78 Å². The highest BCUT2D eigenvalue weighted by Crippen LogP contribution is 2.36. The highest BCUT2D eigenvalue weighted by molar-refractivity contribution is 6.37. The predicted octanol–water partition coefficient (Wildman–Crippen LogP) is 5.65. The number of hydrogen-bond donors (Lipinski definition) is 0. The van der Waals surface area contributed by atoms with Crippen LogP contribution in [0.1, 0.15) is 49.9 Å². The smallest absolute Gasteiger partial charge is 0.159 e. The molecule has 0 heterocycles. The van der Waals surface area contributed by atoms with Crippen LogP contribution in [0, 0.1) is 5.92 Å². The summed E-state index contributed by atoms with van der Waals surface area (Å²) < 4.78 is 6.13. The highest BCUT2D eigenvalue weighted by atomic mass is 35.5. The van der Waals surface area contributed by atoms with E-state index in [2.05, 4.69) is 6.92 Å². The molecule has 116 valence electrons. The molecule has 22 heavy (non-hydrogen) atoms. The normalized spacial score (nSPS) is 21.8. The number of carbonyl (C=O) groups is 1. The molecule has 2 nitrogen and oxygen atoms in total. The van der Waals surface area contributed by atoms with Gasteiger partial charge in [0.25, 0.3) is 0 Å². The van der Waals surface area contributed by atoms with Crippen LogP contribution in [0.15, 0.2) is 30.3 Å². The molecule has 0 aliphatic heterocycles. The van der Waals surface area contributed by atoms with Gasteiger partial charge in [-0.3, -0.25) is 4.79 Å². The molecule has 0 unspecified atom stereocenters. The van der Waals surface area contributed by atoms with E-state index >= 15 is 0 Å². The lowest BCUT2D eigenvalue weighted by Crippen LogP contribution is -2.23. The number of benzene rings is 2. The molecule has 0 saturated heterocycles. The Labute approximate surface area is 136 Å². The van der Waals surface area contributed by atoms with Gasteiger partial charge in [-0.1, -0.05) is 36.7 Å². The Hall–Kier alpha value is -1.54. The molecule has 2 aromatic carbocycles. The molecule has 3 rings (SSSR count). The maximum Gasteiger partial charge on any atom is 0.159 e. The van der Waals surface area contributed by atoms with E-state index in [0.29, 0.717) is 10.6 Å². The molecule has 0 radical (unpaired) electrons. The molecule has 0 spiro atoms. The molecule has 1 aliphatic carbocycles. The summed E-state index contributed by atoms with van der Waals surface area (Å²) in [6, 6.07) is 9.58. The lowest BCUT2D eigenvalue weighted by atomic mass is 9.89. The zero-order valence-corrected chi connectivity index (χ0v) is 13.8. The predicted molar refractivity (Wildman–Crippen MR) is 91.0 cm³/mol. The summed E-state index contributed by atoms with van der Waals surface area (Å²) in [5, 5.41) is 2.52. The number of hydrogen-bond acceptors (Lipinski definition) is 2. The molecule has 1 saturated carbocycles. The average Bonchev–Trinajstić information content (AvgIpc) is 2.52. The van der Waals surface area contributed by atoms with E-state index in [0.717, 1.165) is 35.3 Å². The van der Waals surface area contributed by atoms with Crippen molar-refractivity contribution in [2.24, 2.45) is 5.92 Å². The van der Waals surface area contributed by atoms with Gasteiger partial charge < -0.3 is 4.74 Å². The largest absolute Gasteiger partial charge is 0.489 e. The minimum Gasteiger partial charge on any atom is -0.489 e. The Morgan fingerprint density at radius 2 is 1.82 bits per heavy atom. The zero-order chi connectivity index (χ0) is 15.7. The second-order valence-corrected chi connectivity index (χ2v) is 6.75. The Bertz CT molecular complexity index is 700. The van der Waals surface area contributed by atoms with E-state index in [1.165, 1.54) is 12.8 Å². The molecule has 0 N–H and O–H groups in total. The minimum absolute atomic E-state index is 0.0468. The minimum atomic E-state index is 0.0468. The van der Waals surface area contributed by atoms with Gasteiger partial charge in [0, 0.05) is 10.9 Å². The van der Waals surface area contributed by atoms with Crippen LogP contribution in [-0.4, -0.2) is 11.9 Å². The van der Waals surface area contributed by atoms with Crippen molar-refractivity contribution in [3.63, 3.8) is 0 Å². The van der Waals surface area contributed by atoms with Gasteiger partial charge in [0.1, 0.15) is 5.75 Å². The van der Waals surface area contributed by atoms with Gasteiger partial charge in [-0.25, -0.2) is 0 Å². The van der Waals surface area contributed by atoms with Crippen molar-refractivity contribution in [2.45, 2.75) is 45.6 Å². The van der Waals surface area contributed by atoms with Gasteiger partial charge in [-0.05, 0) is 56.0 Å². The first-order valence-electron chi connectivity index (χ1n) is 7.94. The summed E-state index contributed by atoms with van der Waals surface area (Å²) >= 11 is 6.53. The topological polar surface area (TPSA) is 26.3 Å². The molecular formula is C19H21ClO2. The standard InChI is InChI=1S/C19H21ClO2/c1-12-3-8-16(9-4-12)22-18-10-7-14-5-6-15(13(2)21)11-17(14)19(18)20/h5-7,10-12,16H,3-4,8-9H2,1-2H3/t12-,16+. The molecule has 0 atom stereocenters. The van der Waals surface area contributed by atoms with Crippen LogP contribution < -0.4 is 4.74 Å². The fourth-order valence-electron chi connectivity index (χ4n) is 3.10. The van der Waals surface area contributed by atoms with Gasteiger partial charge in [-0.2, -0.15) is 0 Å². The lowest BCUT2D eigenvalue weighted by molar-refractivity contribution is 0.101. The van der Waals surface area contributed by atoms with Gasteiger partial charge in [0.05, 0.1) is 11.1 Å². The van der Waals surface area contributed by atoms with E-state index in [4.69, 9.17) is 16.3 Å². The molecule has 3 heteroatoms. The molecular weight excluding hydrogens is 296 g/mol. The number of halogens is 1. The fourth-order valence-corrected chi connectivity index (χ4v) is 3.37. The number of fused-ring (bicyclic) bond motifs is 1. The Morgan fingerprint density at radius 1 is 1.14 bits per heavy atom. The van der Waals surface area contributed by atoms with Crippen LogP contribution in [0.5, 0.6) is 5.75 Å². The quantitative estimate of drug-likeness (QED) is 0.684. The fraction of sp³-hybridized carbons (Fsp3) is 0.421. The maximum atomic E-state index is 11.6. The third kappa shape index (κ3) is 3.12. The Balaban J connectivity index is 1.90. The van der Waals surface area contributed by atoms with E-state index in [1.54, 1.807) is 6.92 Å². The lowest BCUT2D eigenvalue weighted by Gasteiger charge is -2.27. The van der Waals surface area contributed by atoms with E-state index in [-0.39, 0.29) is 11.9 Å². The SMILES string of the molecule is CC(=O)c1ccc2ccc(O[C@H]3CC[C@@H](C)CC3)c(Cl)c2c1. The van der Waals surface area contributed by atoms with E-state index < -0.39 is 0 Å². The second kappa shape index (κ2) is 6.29. The molecule has 1 aliphatic rings. The first kappa shape index (κ1) is 15.4. The van der Waals surface area contributed by atoms with Crippen LogP contribution in [0.25, 0.3) is 10.8 Å². The van der Waals surface area contributed by atoms with Crippen LogP contribution in [0.3, 0.4) is 0 Å². The molecule has 2 aromatic rings. The number of ketones is 1. The second-order valence-electron chi connectivity index (χ2n) is 6.37. The van der Waals surface area contributed by atoms with Crippen molar-refractivity contribution in [2.75, 3.05) is 0 Å². The van der Waals surface area contributed by atoms with Crippen molar-refractivity contribution < 1.29 is 9.53 Å². The van der Waals surface area contributed by atoms with Crippen LogP contribution in [0.4, 0.5) is 0 Å². The van der Waals surface area contributed by atoms with Crippen molar-refractivity contribution in [1.82, 2.24) is 0 Å². The monoisotopic (exact) mass is 316 g/mol. The summed E-state index contributed by atoms with van der Waals surface area (Å²) in [6.07, 6.45) is 4.85. The molecule has 0 bridgehead atoms. The molecule has 0 aromatic heterocycles. The molecule has 0 amide bonds. The maximum absolute atomic E-state index is 11.6. The third-order valence-electron chi connectivity index (χ3n) is 4.58. The van der Waals surface area contributed by atoms with Gasteiger partial charge >= 0.3 is 0 Å². The Kier molecular flexibility index (Phi) is 4.39. The summed E-state index contributed by atoms with van der Waals surface area (Å²) in [7, 11) is 0. The summed E-state index contributed by atoms with van der Waals surface area (Å²) in [6.45, 7) is 3.86. The Morgan fingerprint density at radius 3 is 2.50 bits per heavy atom. The van der Waals surface area contributed by atoms with Gasteiger partial charge in [-0.15, -0.1) is 0 Å². The van der Waals surface area contributed by atoms with E-state index in [1.807, 2.05) is 30.3 Å². The summed E-state index contributed by atoms with van der Waals surface area (Å²) in [4.78, 5) is 11.6. The van der Waals surface area contributed by atoms with Crippen molar-refractivity contribution in [3.8, 4) is 5.75 Å². The zero-order valence-electron chi connectivity index (χ0n) is 13.1. The highest BCUT2D eigenvalue weighted by Gasteiger charge is 2.20. The third-order valence-corrected chi connectivity index (χ3v) is 4.97. The van der Waals surface area contributed by atoms with Crippen molar-refractivity contribution in [3.05, 3.63) is 40.9 Å².